The number of rotatable bonds is 5. The number of hydrogen-bond acceptors (Lipinski definition) is 6. The minimum absolute atomic E-state index is 0.106. The monoisotopic (exact) mass is 367 g/mol. The van der Waals surface area contributed by atoms with Crippen molar-refractivity contribution in [3.8, 4) is 11.5 Å². The van der Waals surface area contributed by atoms with E-state index in [-0.39, 0.29) is 22.7 Å². The lowest BCUT2D eigenvalue weighted by Gasteiger charge is -2.18. The van der Waals surface area contributed by atoms with Crippen LogP contribution in [0, 0.1) is 0 Å². The standard InChI is InChI=1S/C14H16ClF3N6/c1-7(2)19-12-22-11(9-5-4-6-10(15)21-9)23-13(24-12)20-8(3)14(16,17)18/h4-8H,1-3H3,(H2,19,20,22,23,24)/t8-/m1/s1/i1D3,3D3,4D/t7-,8-. The highest BCUT2D eigenvalue weighted by molar-refractivity contribution is 6.29. The summed E-state index contributed by atoms with van der Waals surface area (Å²) in [6, 6.07) is -1.98. The van der Waals surface area contributed by atoms with Gasteiger partial charge in [0.15, 0.2) is 5.82 Å². The summed E-state index contributed by atoms with van der Waals surface area (Å²) in [6.45, 7) is -4.73. The van der Waals surface area contributed by atoms with Crippen molar-refractivity contribution in [2.75, 3.05) is 10.6 Å². The third-order valence-corrected chi connectivity index (χ3v) is 2.65. The van der Waals surface area contributed by atoms with E-state index in [9.17, 15) is 13.2 Å². The van der Waals surface area contributed by atoms with Crippen LogP contribution in [0.3, 0.4) is 0 Å². The fourth-order valence-electron chi connectivity index (χ4n) is 1.51. The second-order valence-electron chi connectivity index (χ2n) is 4.57. The predicted octanol–water partition coefficient (Wildman–Crippen LogP) is 3.77. The molecule has 2 aromatic heterocycles. The first-order valence-corrected chi connectivity index (χ1v) is 6.85. The molecule has 24 heavy (non-hydrogen) atoms. The molecule has 0 aliphatic carbocycles. The molecule has 2 heterocycles. The fraction of sp³-hybridized carbons (Fsp3) is 0.429. The molecule has 0 aliphatic rings. The molecule has 2 atom stereocenters. The maximum Gasteiger partial charge on any atom is 0.408 e. The number of hydrogen-bond donors (Lipinski definition) is 2. The average Bonchev–Trinajstić information content (AvgIpc) is 2.56. The van der Waals surface area contributed by atoms with Crippen LogP contribution in [0.25, 0.3) is 11.5 Å². The van der Waals surface area contributed by atoms with Crippen molar-refractivity contribution < 1.29 is 22.8 Å². The summed E-state index contributed by atoms with van der Waals surface area (Å²) in [7, 11) is 0. The molecule has 0 bridgehead atoms. The van der Waals surface area contributed by atoms with Crippen molar-refractivity contribution in [1.82, 2.24) is 19.9 Å². The second kappa shape index (κ2) is 7.16. The molecule has 0 spiro atoms. The first-order chi connectivity index (χ1) is 14.0. The van der Waals surface area contributed by atoms with Crippen LogP contribution >= 0.6 is 11.6 Å². The molecule has 2 N–H and O–H groups in total. The van der Waals surface area contributed by atoms with E-state index in [4.69, 9.17) is 21.2 Å². The van der Waals surface area contributed by atoms with E-state index in [0.29, 0.717) is 0 Å². The van der Waals surface area contributed by atoms with Gasteiger partial charge in [0.2, 0.25) is 11.9 Å². The second-order valence-corrected chi connectivity index (χ2v) is 4.95. The fourth-order valence-corrected chi connectivity index (χ4v) is 1.66. The van der Waals surface area contributed by atoms with Gasteiger partial charge in [-0.15, -0.1) is 0 Å². The maximum atomic E-state index is 13.3. The Morgan fingerprint density at radius 1 is 1.12 bits per heavy atom. The molecule has 0 aromatic carbocycles. The minimum Gasteiger partial charge on any atom is -0.352 e. The van der Waals surface area contributed by atoms with Gasteiger partial charge in [0.1, 0.15) is 16.9 Å². The largest absolute Gasteiger partial charge is 0.408 e. The Bertz CT molecular complexity index is 904. The number of nitrogens with one attached hydrogen (secondary N) is 2. The lowest BCUT2D eigenvalue weighted by Crippen LogP contribution is -2.34. The van der Waals surface area contributed by atoms with Gasteiger partial charge < -0.3 is 10.6 Å². The molecular formula is C14H16ClF3N6. The van der Waals surface area contributed by atoms with Gasteiger partial charge >= 0.3 is 6.18 Å². The lowest BCUT2D eigenvalue weighted by atomic mass is 10.3. The van der Waals surface area contributed by atoms with Gasteiger partial charge in [-0.3, -0.25) is 0 Å². The number of aromatic nitrogens is 4. The summed E-state index contributed by atoms with van der Waals surface area (Å²) in [6.07, 6.45) is -5.18. The van der Waals surface area contributed by atoms with Crippen molar-refractivity contribution in [1.29, 1.82) is 0 Å². The molecule has 2 rings (SSSR count). The zero-order chi connectivity index (χ0) is 23.8. The summed E-state index contributed by atoms with van der Waals surface area (Å²) in [4.78, 5) is 15.2. The van der Waals surface area contributed by atoms with Crippen molar-refractivity contribution in [2.45, 2.75) is 38.9 Å². The Hall–Kier alpha value is -2.16. The summed E-state index contributed by atoms with van der Waals surface area (Å²) >= 11 is 5.80. The van der Waals surface area contributed by atoms with Crippen LogP contribution < -0.4 is 10.6 Å². The molecule has 6 nitrogen and oxygen atoms in total. The molecule has 0 fully saturated rings. The smallest absolute Gasteiger partial charge is 0.352 e. The number of anilines is 2. The van der Waals surface area contributed by atoms with E-state index in [1.807, 2.05) is 0 Å². The zero-order valence-corrected chi connectivity index (χ0v) is 12.9. The van der Waals surface area contributed by atoms with Crippen molar-refractivity contribution in [3.05, 3.63) is 23.3 Å². The van der Waals surface area contributed by atoms with Gasteiger partial charge in [-0.2, -0.15) is 28.1 Å². The molecule has 0 aliphatic heterocycles. The Morgan fingerprint density at radius 2 is 1.83 bits per heavy atom. The van der Waals surface area contributed by atoms with Crippen LogP contribution in [0.1, 0.15) is 30.2 Å². The molecule has 10 heteroatoms. The highest BCUT2D eigenvalue weighted by Gasteiger charge is 2.36. The summed E-state index contributed by atoms with van der Waals surface area (Å²) < 4.78 is 91.1. The number of halogens is 4. The molecule has 0 saturated heterocycles. The molecule has 0 saturated carbocycles. The van der Waals surface area contributed by atoms with Crippen LogP contribution in [0.2, 0.25) is 5.15 Å². The van der Waals surface area contributed by atoms with Gasteiger partial charge in [-0.1, -0.05) is 17.6 Å². The SMILES string of the molecule is [2H]c1cc(Cl)nc(-c2nc(N[C@@H](C)C([2H])([2H])[2H])nc(N[C@H](C([2H])([2H])[2H])C(F)(F)F)n2)c1. The minimum atomic E-state index is -5.18. The van der Waals surface area contributed by atoms with E-state index in [1.54, 1.807) is 5.32 Å². The van der Waals surface area contributed by atoms with Gasteiger partial charge in [-0.25, -0.2) is 4.98 Å². The first-order valence-electron chi connectivity index (χ1n) is 9.97. The third-order valence-electron chi connectivity index (χ3n) is 2.46. The van der Waals surface area contributed by atoms with Gasteiger partial charge in [0.05, 0.1) is 1.37 Å². The lowest BCUT2D eigenvalue weighted by molar-refractivity contribution is -0.138. The van der Waals surface area contributed by atoms with E-state index in [1.165, 1.54) is 13.0 Å². The van der Waals surface area contributed by atoms with Gasteiger partial charge in [-0.05, 0) is 32.8 Å². The molecule has 0 radical (unpaired) electrons. The van der Waals surface area contributed by atoms with Crippen LogP contribution in [0.4, 0.5) is 25.1 Å². The van der Waals surface area contributed by atoms with Crippen LogP contribution in [-0.4, -0.2) is 38.2 Å². The number of pyridine rings is 1. The summed E-state index contributed by atoms with van der Waals surface area (Å²) in [5.41, 5.74) is -0.120. The van der Waals surface area contributed by atoms with E-state index >= 15 is 0 Å². The topological polar surface area (TPSA) is 75.6 Å². The highest BCUT2D eigenvalue weighted by Crippen LogP contribution is 2.24. The summed E-state index contributed by atoms with van der Waals surface area (Å²) in [5, 5.41) is 4.00. The molecule has 0 amide bonds. The van der Waals surface area contributed by atoms with Crippen LogP contribution in [0.5, 0.6) is 0 Å². The Kier molecular flexibility index (Phi) is 3.18. The van der Waals surface area contributed by atoms with Crippen molar-refractivity contribution in [3.63, 3.8) is 0 Å². The van der Waals surface area contributed by atoms with Gasteiger partial charge in [0, 0.05) is 14.3 Å². The molecule has 2 aromatic rings. The molecular weight excluding hydrogens is 345 g/mol. The predicted molar refractivity (Wildman–Crippen MR) is 86.0 cm³/mol. The number of nitrogens with zero attached hydrogens (tertiary/aromatic N) is 4. The average molecular weight is 368 g/mol. The third kappa shape index (κ3) is 4.92. The Labute approximate surface area is 151 Å². The van der Waals surface area contributed by atoms with E-state index in [2.05, 4.69) is 25.3 Å². The zero-order valence-electron chi connectivity index (χ0n) is 19.1. The maximum absolute atomic E-state index is 13.3. The highest BCUT2D eigenvalue weighted by atomic mass is 35.5. The van der Waals surface area contributed by atoms with Gasteiger partial charge in [0.25, 0.3) is 0 Å². The quantitative estimate of drug-likeness (QED) is 0.783. The van der Waals surface area contributed by atoms with Crippen LogP contribution in [0.15, 0.2) is 18.2 Å². The molecule has 0 unspecified atom stereocenters. The number of alkyl halides is 3. The first kappa shape index (κ1) is 10.7. The van der Waals surface area contributed by atoms with Crippen molar-refractivity contribution >= 4 is 23.5 Å². The Balaban J connectivity index is 2.57. The normalized spacial score (nSPS) is 19.5. The molecule has 130 valence electrons. The van der Waals surface area contributed by atoms with Crippen molar-refractivity contribution in [2.24, 2.45) is 0 Å². The Morgan fingerprint density at radius 3 is 2.42 bits per heavy atom. The van der Waals surface area contributed by atoms with Crippen LogP contribution in [-0.2, 0) is 0 Å². The van der Waals surface area contributed by atoms with E-state index < -0.39 is 43.9 Å². The summed E-state index contributed by atoms with van der Waals surface area (Å²) in [5.74, 6) is -1.60. The van der Waals surface area contributed by atoms with E-state index in [0.717, 1.165) is 6.07 Å².